The molecule has 4 aromatic rings. The molecule has 3 aromatic carbocycles. The molecule has 0 aliphatic carbocycles. The van der Waals surface area contributed by atoms with Crippen LogP contribution in [-0.2, 0) is 0 Å². The Morgan fingerprint density at radius 2 is 1.52 bits per heavy atom. The van der Waals surface area contributed by atoms with Gasteiger partial charge in [0.2, 0.25) is 0 Å². The van der Waals surface area contributed by atoms with Gasteiger partial charge in [-0.1, -0.05) is 60.1 Å². The summed E-state index contributed by atoms with van der Waals surface area (Å²) in [6.07, 6.45) is 0. The van der Waals surface area contributed by atoms with Crippen LogP contribution in [0.3, 0.4) is 0 Å². The highest BCUT2D eigenvalue weighted by Crippen LogP contribution is 2.34. The van der Waals surface area contributed by atoms with Gasteiger partial charge in [0.25, 0.3) is 5.56 Å². The molecule has 3 nitrogen and oxygen atoms in total. The number of aromatic amines is 1. The lowest BCUT2D eigenvalue weighted by atomic mass is 9.99. The van der Waals surface area contributed by atoms with Crippen LogP contribution in [0.1, 0.15) is 0 Å². The summed E-state index contributed by atoms with van der Waals surface area (Å²) < 4.78 is 0. The molecule has 4 heteroatoms. The summed E-state index contributed by atoms with van der Waals surface area (Å²) in [7, 11) is 0. The molecule has 0 fully saturated rings. The van der Waals surface area contributed by atoms with Gasteiger partial charge in [-0.3, -0.25) is 4.79 Å². The van der Waals surface area contributed by atoms with Gasteiger partial charge < -0.3 is 10.3 Å². The molecule has 0 atom stereocenters. The number of fused-ring (bicyclic) bond motifs is 1. The first-order chi connectivity index (χ1) is 12.2. The van der Waals surface area contributed by atoms with Crippen molar-refractivity contribution in [1.29, 1.82) is 0 Å². The van der Waals surface area contributed by atoms with Crippen LogP contribution in [-0.4, -0.2) is 4.98 Å². The molecule has 4 rings (SSSR count). The minimum absolute atomic E-state index is 0.169. The molecule has 122 valence electrons. The number of nitrogens with one attached hydrogen (secondary N) is 2. The molecule has 0 aliphatic rings. The van der Waals surface area contributed by atoms with E-state index in [1.54, 1.807) is 6.07 Å². The van der Waals surface area contributed by atoms with Crippen molar-refractivity contribution in [3.8, 4) is 11.1 Å². The Morgan fingerprint density at radius 1 is 0.840 bits per heavy atom. The van der Waals surface area contributed by atoms with E-state index in [9.17, 15) is 4.79 Å². The lowest BCUT2D eigenvalue weighted by molar-refractivity contribution is 1.30. The number of hydrogen-bond acceptors (Lipinski definition) is 2. The number of hydrogen-bond donors (Lipinski definition) is 2. The largest absolute Gasteiger partial charge is 0.350 e. The van der Waals surface area contributed by atoms with Gasteiger partial charge in [-0.2, -0.15) is 0 Å². The van der Waals surface area contributed by atoms with Crippen molar-refractivity contribution >= 4 is 33.9 Å². The van der Waals surface area contributed by atoms with Gasteiger partial charge in [0.1, 0.15) is 5.69 Å². The molecular formula is C21H15ClN2O. The van der Waals surface area contributed by atoms with E-state index in [0.29, 0.717) is 10.7 Å². The fourth-order valence-electron chi connectivity index (χ4n) is 2.96. The summed E-state index contributed by atoms with van der Waals surface area (Å²) >= 11 is 6.22. The van der Waals surface area contributed by atoms with Crippen molar-refractivity contribution in [1.82, 2.24) is 4.98 Å². The second-order valence-electron chi connectivity index (χ2n) is 5.75. The van der Waals surface area contributed by atoms with E-state index in [4.69, 9.17) is 11.6 Å². The van der Waals surface area contributed by atoms with Crippen LogP contribution >= 0.6 is 11.6 Å². The topological polar surface area (TPSA) is 44.9 Å². The van der Waals surface area contributed by atoms with Crippen molar-refractivity contribution in [3.63, 3.8) is 0 Å². The van der Waals surface area contributed by atoms with Crippen LogP contribution in [0.25, 0.3) is 22.0 Å². The third kappa shape index (κ3) is 3.02. The summed E-state index contributed by atoms with van der Waals surface area (Å²) in [5, 5.41) is 4.79. The fourth-order valence-corrected chi connectivity index (χ4v) is 3.13. The first kappa shape index (κ1) is 15.5. The minimum Gasteiger partial charge on any atom is -0.350 e. The maximum atomic E-state index is 12.8. The lowest BCUT2D eigenvalue weighted by Gasteiger charge is -2.15. The third-order valence-corrected chi connectivity index (χ3v) is 4.32. The fraction of sp³-hybridized carbons (Fsp3) is 0. The van der Waals surface area contributed by atoms with Crippen molar-refractivity contribution in [2.24, 2.45) is 0 Å². The quantitative estimate of drug-likeness (QED) is 0.507. The molecule has 0 bridgehead atoms. The van der Waals surface area contributed by atoms with E-state index in [1.165, 1.54) is 0 Å². The van der Waals surface area contributed by atoms with Crippen LogP contribution < -0.4 is 10.9 Å². The molecule has 25 heavy (non-hydrogen) atoms. The molecular weight excluding hydrogens is 332 g/mol. The standard InChI is InChI=1S/C21H15ClN2O/c22-15-11-12-18-17(13-15)19(14-7-3-1-4-8-14)20(21(25)24-18)23-16-9-5-2-6-10-16/h1-13,23H,(H,24,25). The average Bonchev–Trinajstić information content (AvgIpc) is 2.64. The first-order valence-corrected chi connectivity index (χ1v) is 8.33. The van der Waals surface area contributed by atoms with Gasteiger partial charge in [-0.25, -0.2) is 0 Å². The van der Waals surface area contributed by atoms with Gasteiger partial charge in [0.05, 0.1) is 0 Å². The van der Waals surface area contributed by atoms with Gasteiger partial charge in [-0.05, 0) is 35.9 Å². The van der Waals surface area contributed by atoms with E-state index < -0.39 is 0 Å². The van der Waals surface area contributed by atoms with Crippen molar-refractivity contribution in [2.75, 3.05) is 5.32 Å². The highest BCUT2D eigenvalue weighted by Gasteiger charge is 2.15. The van der Waals surface area contributed by atoms with Crippen LogP contribution in [0.4, 0.5) is 11.4 Å². The zero-order valence-electron chi connectivity index (χ0n) is 13.3. The van der Waals surface area contributed by atoms with Gasteiger partial charge in [0.15, 0.2) is 0 Å². The summed E-state index contributed by atoms with van der Waals surface area (Å²) in [5.74, 6) is 0. The Labute approximate surface area is 149 Å². The number of benzene rings is 3. The van der Waals surface area contributed by atoms with Crippen molar-refractivity contribution < 1.29 is 0 Å². The van der Waals surface area contributed by atoms with E-state index >= 15 is 0 Å². The number of rotatable bonds is 3. The first-order valence-electron chi connectivity index (χ1n) is 7.95. The molecule has 0 spiro atoms. The summed E-state index contributed by atoms with van der Waals surface area (Å²) in [4.78, 5) is 15.7. The summed E-state index contributed by atoms with van der Waals surface area (Å²) in [6.45, 7) is 0. The summed E-state index contributed by atoms with van der Waals surface area (Å²) in [6, 6.07) is 25.0. The zero-order valence-corrected chi connectivity index (χ0v) is 14.0. The van der Waals surface area contributed by atoms with E-state index in [0.717, 1.165) is 27.7 Å². The second-order valence-corrected chi connectivity index (χ2v) is 6.19. The van der Waals surface area contributed by atoms with E-state index in [1.807, 2.05) is 72.8 Å². The van der Waals surface area contributed by atoms with Gasteiger partial charge in [0, 0.05) is 27.2 Å². The Morgan fingerprint density at radius 3 is 2.24 bits per heavy atom. The third-order valence-electron chi connectivity index (χ3n) is 4.08. The normalized spacial score (nSPS) is 10.8. The maximum Gasteiger partial charge on any atom is 0.272 e. The molecule has 0 aliphatic heterocycles. The van der Waals surface area contributed by atoms with Crippen LogP contribution in [0.5, 0.6) is 0 Å². The number of H-pyrrole nitrogens is 1. The lowest BCUT2D eigenvalue weighted by Crippen LogP contribution is -2.13. The monoisotopic (exact) mass is 346 g/mol. The SMILES string of the molecule is O=c1[nH]c2ccc(Cl)cc2c(-c2ccccc2)c1Nc1ccccc1. The Balaban J connectivity index is 2.04. The summed E-state index contributed by atoms with van der Waals surface area (Å²) in [5.41, 5.74) is 3.74. The smallest absolute Gasteiger partial charge is 0.272 e. The number of halogens is 1. The van der Waals surface area contributed by atoms with Gasteiger partial charge in [-0.15, -0.1) is 0 Å². The van der Waals surface area contributed by atoms with Crippen LogP contribution in [0, 0.1) is 0 Å². The van der Waals surface area contributed by atoms with Crippen LogP contribution in [0.15, 0.2) is 83.7 Å². The predicted molar refractivity (Wildman–Crippen MR) is 105 cm³/mol. The number of anilines is 2. The molecule has 2 N–H and O–H groups in total. The number of aromatic nitrogens is 1. The van der Waals surface area contributed by atoms with E-state index in [-0.39, 0.29) is 5.56 Å². The van der Waals surface area contributed by atoms with Crippen molar-refractivity contribution in [3.05, 3.63) is 94.2 Å². The number of pyridine rings is 1. The molecule has 0 radical (unpaired) electrons. The highest BCUT2D eigenvalue weighted by molar-refractivity contribution is 6.31. The molecule has 0 unspecified atom stereocenters. The average molecular weight is 347 g/mol. The number of para-hydroxylation sites is 1. The highest BCUT2D eigenvalue weighted by atomic mass is 35.5. The van der Waals surface area contributed by atoms with Crippen LogP contribution in [0.2, 0.25) is 5.02 Å². The van der Waals surface area contributed by atoms with Crippen molar-refractivity contribution in [2.45, 2.75) is 0 Å². The zero-order chi connectivity index (χ0) is 17.2. The minimum atomic E-state index is -0.169. The Hall–Kier alpha value is -3.04. The second kappa shape index (κ2) is 6.46. The molecule has 1 aromatic heterocycles. The molecule has 1 heterocycles. The molecule has 0 amide bonds. The van der Waals surface area contributed by atoms with E-state index in [2.05, 4.69) is 10.3 Å². The predicted octanol–water partition coefficient (Wildman–Crippen LogP) is 5.59. The Kier molecular flexibility index (Phi) is 4.00. The Bertz CT molecular complexity index is 1090. The van der Waals surface area contributed by atoms with Gasteiger partial charge >= 0.3 is 0 Å². The molecule has 0 saturated carbocycles. The maximum absolute atomic E-state index is 12.8. The molecule has 0 saturated heterocycles.